The summed E-state index contributed by atoms with van der Waals surface area (Å²) in [6.45, 7) is 4.73. The van der Waals surface area contributed by atoms with E-state index in [0.717, 1.165) is 12.0 Å². The fraction of sp³-hybridized carbons (Fsp3) is 1.00. The molecular formula is C11H22N2. The number of hydrogen-bond donors (Lipinski definition) is 1. The Morgan fingerprint density at radius 2 is 2.00 bits per heavy atom. The maximum atomic E-state index is 6.18. The van der Waals surface area contributed by atoms with Gasteiger partial charge in [-0.05, 0) is 38.3 Å². The first kappa shape index (κ1) is 9.47. The lowest BCUT2D eigenvalue weighted by Crippen LogP contribution is -2.54. The Hall–Kier alpha value is -0.0800. The zero-order valence-corrected chi connectivity index (χ0v) is 8.71. The van der Waals surface area contributed by atoms with Gasteiger partial charge in [-0.25, -0.2) is 0 Å². The zero-order chi connectivity index (χ0) is 9.26. The van der Waals surface area contributed by atoms with Gasteiger partial charge in [0.05, 0.1) is 0 Å². The molecule has 76 valence electrons. The largest absolute Gasteiger partial charge is 0.327 e. The summed E-state index contributed by atoms with van der Waals surface area (Å²) in [7, 11) is 0. The number of likely N-dealkylation sites (tertiary alicyclic amines) is 1. The predicted octanol–water partition coefficient (Wildman–Crippen LogP) is 1.60. The van der Waals surface area contributed by atoms with Crippen LogP contribution in [0.3, 0.4) is 0 Å². The van der Waals surface area contributed by atoms with Crippen molar-refractivity contribution in [1.82, 2.24) is 4.90 Å². The molecule has 1 heterocycles. The molecule has 0 aromatic rings. The van der Waals surface area contributed by atoms with Crippen molar-refractivity contribution < 1.29 is 0 Å². The Balaban J connectivity index is 2.05. The fourth-order valence-electron chi connectivity index (χ4n) is 3.18. The van der Waals surface area contributed by atoms with Gasteiger partial charge in [-0.1, -0.05) is 19.8 Å². The van der Waals surface area contributed by atoms with Crippen LogP contribution in [0, 0.1) is 5.92 Å². The summed E-state index contributed by atoms with van der Waals surface area (Å²) in [5.74, 6) is 0.808. The molecule has 0 spiro atoms. The summed E-state index contributed by atoms with van der Waals surface area (Å²) >= 11 is 0. The molecule has 2 fully saturated rings. The van der Waals surface area contributed by atoms with Crippen LogP contribution in [0.1, 0.15) is 39.0 Å². The summed E-state index contributed by atoms with van der Waals surface area (Å²) in [6, 6.07) is 1.32. The van der Waals surface area contributed by atoms with E-state index in [9.17, 15) is 0 Å². The van der Waals surface area contributed by atoms with Crippen LogP contribution in [0.2, 0.25) is 0 Å². The molecule has 13 heavy (non-hydrogen) atoms. The summed E-state index contributed by atoms with van der Waals surface area (Å²) in [6.07, 6.45) is 6.82. The summed E-state index contributed by atoms with van der Waals surface area (Å²) < 4.78 is 0. The van der Waals surface area contributed by atoms with Crippen molar-refractivity contribution in [2.24, 2.45) is 11.7 Å². The Kier molecular flexibility index (Phi) is 2.89. The topological polar surface area (TPSA) is 29.3 Å². The molecule has 0 radical (unpaired) electrons. The molecule has 1 saturated heterocycles. The van der Waals surface area contributed by atoms with E-state index >= 15 is 0 Å². The van der Waals surface area contributed by atoms with Crippen LogP contribution in [0.5, 0.6) is 0 Å². The van der Waals surface area contributed by atoms with E-state index in [1.54, 1.807) is 0 Å². The molecule has 2 aliphatic rings. The Morgan fingerprint density at radius 3 is 2.77 bits per heavy atom. The molecule has 1 aliphatic carbocycles. The molecule has 2 N–H and O–H groups in total. The van der Waals surface area contributed by atoms with Gasteiger partial charge in [0, 0.05) is 12.1 Å². The van der Waals surface area contributed by atoms with E-state index < -0.39 is 0 Å². The van der Waals surface area contributed by atoms with Crippen molar-refractivity contribution >= 4 is 0 Å². The molecule has 2 nitrogen and oxygen atoms in total. The van der Waals surface area contributed by atoms with Gasteiger partial charge < -0.3 is 10.6 Å². The summed E-state index contributed by atoms with van der Waals surface area (Å²) in [4.78, 5) is 2.65. The van der Waals surface area contributed by atoms with Gasteiger partial charge in [0.25, 0.3) is 0 Å². The first-order chi connectivity index (χ1) is 6.33. The first-order valence-corrected chi connectivity index (χ1v) is 5.82. The van der Waals surface area contributed by atoms with Gasteiger partial charge >= 0.3 is 0 Å². The van der Waals surface area contributed by atoms with Crippen LogP contribution in [0.4, 0.5) is 0 Å². The molecular weight excluding hydrogens is 160 g/mol. The lowest BCUT2D eigenvalue weighted by molar-refractivity contribution is 0.0512. The van der Waals surface area contributed by atoms with Gasteiger partial charge in [-0.2, -0.15) is 0 Å². The lowest BCUT2D eigenvalue weighted by atomic mass is 9.76. The van der Waals surface area contributed by atoms with E-state index in [-0.39, 0.29) is 0 Å². The number of nitrogens with zero attached hydrogens (tertiary/aromatic N) is 1. The Labute approximate surface area is 81.5 Å². The van der Waals surface area contributed by atoms with Gasteiger partial charge in [-0.3, -0.25) is 0 Å². The standard InChI is InChI=1S/C11H22N2/c1-2-13-8-7-10(12)9-5-3-4-6-11(9)13/h9-11H,2-8,12H2,1H3/t9-,10+,11+/m1/s1. The number of hydrogen-bond acceptors (Lipinski definition) is 2. The molecule has 0 unspecified atom stereocenters. The molecule has 0 amide bonds. The Bertz CT molecular complexity index is 169. The SMILES string of the molecule is CCN1CC[C@H](N)[C@H]2CCCC[C@@H]21. The second-order valence-electron chi connectivity index (χ2n) is 4.60. The first-order valence-electron chi connectivity index (χ1n) is 5.82. The average Bonchev–Trinajstić information content (AvgIpc) is 2.19. The van der Waals surface area contributed by atoms with Crippen molar-refractivity contribution in [1.29, 1.82) is 0 Å². The second kappa shape index (κ2) is 3.97. The average molecular weight is 182 g/mol. The van der Waals surface area contributed by atoms with Crippen LogP contribution in [0.25, 0.3) is 0 Å². The van der Waals surface area contributed by atoms with Gasteiger partial charge in [0.2, 0.25) is 0 Å². The third-order valence-electron chi connectivity index (χ3n) is 3.96. The highest BCUT2D eigenvalue weighted by molar-refractivity contribution is 4.93. The smallest absolute Gasteiger partial charge is 0.0138 e. The maximum absolute atomic E-state index is 6.18. The van der Waals surface area contributed by atoms with Crippen LogP contribution in [0.15, 0.2) is 0 Å². The van der Waals surface area contributed by atoms with Crippen molar-refractivity contribution in [2.75, 3.05) is 13.1 Å². The van der Waals surface area contributed by atoms with Crippen LogP contribution in [-0.4, -0.2) is 30.1 Å². The molecule has 0 bridgehead atoms. The van der Waals surface area contributed by atoms with Crippen LogP contribution >= 0.6 is 0 Å². The minimum Gasteiger partial charge on any atom is -0.327 e. The highest BCUT2D eigenvalue weighted by Crippen LogP contribution is 2.34. The monoisotopic (exact) mass is 182 g/mol. The highest BCUT2D eigenvalue weighted by Gasteiger charge is 2.36. The van der Waals surface area contributed by atoms with Gasteiger partial charge in [0.1, 0.15) is 0 Å². The molecule has 1 saturated carbocycles. The van der Waals surface area contributed by atoms with Crippen molar-refractivity contribution in [3.05, 3.63) is 0 Å². The maximum Gasteiger partial charge on any atom is 0.0138 e. The van der Waals surface area contributed by atoms with Crippen molar-refractivity contribution in [2.45, 2.75) is 51.1 Å². The predicted molar refractivity (Wildman–Crippen MR) is 55.6 cm³/mol. The fourth-order valence-corrected chi connectivity index (χ4v) is 3.18. The van der Waals surface area contributed by atoms with Gasteiger partial charge in [0.15, 0.2) is 0 Å². The van der Waals surface area contributed by atoms with E-state index in [1.807, 2.05) is 0 Å². The van der Waals surface area contributed by atoms with Gasteiger partial charge in [-0.15, -0.1) is 0 Å². The van der Waals surface area contributed by atoms with Crippen molar-refractivity contribution in [3.63, 3.8) is 0 Å². The minimum absolute atomic E-state index is 0.494. The number of rotatable bonds is 1. The molecule has 3 atom stereocenters. The third-order valence-corrected chi connectivity index (χ3v) is 3.96. The number of fused-ring (bicyclic) bond motifs is 1. The highest BCUT2D eigenvalue weighted by atomic mass is 15.2. The van der Waals surface area contributed by atoms with Crippen LogP contribution < -0.4 is 5.73 Å². The van der Waals surface area contributed by atoms with E-state index in [0.29, 0.717) is 6.04 Å². The molecule has 0 aromatic carbocycles. The minimum atomic E-state index is 0.494. The number of nitrogens with two attached hydrogens (primary N) is 1. The van der Waals surface area contributed by atoms with E-state index in [2.05, 4.69) is 11.8 Å². The summed E-state index contributed by atoms with van der Waals surface area (Å²) in [5, 5.41) is 0. The molecule has 2 heteroatoms. The number of piperidine rings is 1. The quantitative estimate of drug-likeness (QED) is 0.667. The Morgan fingerprint density at radius 1 is 1.23 bits per heavy atom. The molecule has 0 aromatic heterocycles. The zero-order valence-electron chi connectivity index (χ0n) is 8.71. The lowest BCUT2D eigenvalue weighted by Gasteiger charge is -2.46. The normalized spacial score (nSPS) is 41.5. The third kappa shape index (κ3) is 1.75. The molecule has 1 aliphatic heterocycles. The van der Waals surface area contributed by atoms with E-state index in [1.165, 1.54) is 45.2 Å². The van der Waals surface area contributed by atoms with Crippen LogP contribution in [-0.2, 0) is 0 Å². The van der Waals surface area contributed by atoms with Crippen molar-refractivity contribution in [3.8, 4) is 0 Å². The van der Waals surface area contributed by atoms with E-state index in [4.69, 9.17) is 5.73 Å². The summed E-state index contributed by atoms with van der Waals surface area (Å²) in [5.41, 5.74) is 6.18. The molecule has 2 rings (SSSR count). The second-order valence-corrected chi connectivity index (χ2v) is 4.60.